The number of aliphatic hydroxyl groups excluding tert-OH is 2. The molecule has 1 fully saturated rings. The third kappa shape index (κ3) is 3.18. The first-order chi connectivity index (χ1) is 11.9. The molecule has 10 heteroatoms. The molecule has 0 saturated carbocycles. The van der Waals surface area contributed by atoms with Crippen molar-refractivity contribution in [3.63, 3.8) is 0 Å². The number of hydrogen-bond donors (Lipinski definition) is 4. The summed E-state index contributed by atoms with van der Waals surface area (Å²) in [5.41, 5.74) is -0.578. The highest BCUT2D eigenvalue weighted by Crippen LogP contribution is 2.39. The Labute approximate surface area is 145 Å². The first-order valence-corrected chi connectivity index (χ1v) is 8.09. The quantitative estimate of drug-likeness (QED) is 0.507. The van der Waals surface area contributed by atoms with Gasteiger partial charge in [0.25, 0.3) is 0 Å². The fourth-order valence-corrected chi connectivity index (χ4v) is 2.94. The molecule has 2 aromatic heterocycles. The Kier molecular flexibility index (Phi) is 4.89. The summed E-state index contributed by atoms with van der Waals surface area (Å²) < 4.78 is 7.18. The SMILES string of the molecule is CN(C)CCNc1ncnc2c1ncn2C1O[C@H](CO)[C@@H](O)[C@@]1(C)O. The van der Waals surface area contributed by atoms with Crippen LogP contribution in [0.15, 0.2) is 12.7 Å². The molecule has 0 aromatic carbocycles. The molecule has 25 heavy (non-hydrogen) atoms. The van der Waals surface area contributed by atoms with Crippen LogP contribution in [0.3, 0.4) is 0 Å². The van der Waals surface area contributed by atoms with E-state index in [1.165, 1.54) is 19.6 Å². The summed E-state index contributed by atoms with van der Waals surface area (Å²) in [5, 5.41) is 33.3. The zero-order chi connectivity index (χ0) is 18.2. The first kappa shape index (κ1) is 18.0. The van der Waals surface area contributed by atoms with E-state index < -0.39 is 30.6 Å². The molecule has 138 valence electrons. The number of imidazole rings is 1. The van der Waals surface area contributed by atoms with Crippen molar-refractivity contribution in [2.75, 3.05) is 39.1 Å². The standard InChI is InChI=1S/C15H24N6O4/c1-15(24)11(23)9(6-22)25-14(15)21-8-19-10-12(16-4-5-20(2)3)17-7-18-13(10)21/h7-9,11,14,22-24H,4-6H2,1-3H3,(H,16,17,18)/t9-,11-,14?,15-/m1/s1. The largest absolute Gasteiger partial charge is 0.394 e. The number of nitrogens with one attached hydrogen (secondary N) is 1. The average Bonchev–Trinajstić information content (AvgIpc) is 3.08. The van der Waals surface area contributed by atoms with Crippen molar-refractivity contribution in [3.8, 4) is 0 Å². The molecule has 0 spiro atoms. The number of ether oxygens (including phenoxy) is 1. The molecule has 1 unspecified atom stereocenters. The number of rotatable bonds is 6. The van der Waals surface area contributed by atoms with E-state index >= 15 is 0 Å². The fourth-order valence-electron chi connectivity index (χ4n) is 2.94. The monoisotopic (exact) mass is 352 g/mol. The zero-order valence-corrected chi connectivity index (χ0v) is 14.5. The lowest BCUT2D eigenvalue weighted by Gasteiger charge is -2.27. The zero-order valence-electron chi connectivity index (χ0n) is 14.5. The van der Waals surface area contributed by atoms with E-state index in [0.717, 1.165) is 6.54 Å². The van der Waals surface area contributed by atoms with Gasteiger partial charge in [0.05, 0.1) is 12.9 Å². The van der Waals surface area contributed by atoms with Crippen LogP contribution in [0.4, 0.5) is 5.82 Å². The molecule has 0 aliphatic carbocycles. The number of fused-ring (bicyclic) bond motifs is 1. The number of aromatic nitrogens is 4. The normalized spacial score (nSPS) is 29.6. The molecule has 0 amide bonds. The maximum Gasteiger partial charge on any atom is 0.168 e. The van der Waals surface area contributed by atoms with Gasteiger partial charge in [-0.2, -0.15) is 0 Å². The smallest absolute Gasteiger partial charge is 0.168 e. The van der Waals surface area contributed by atoms with E-state index in [0.29, 0.717) is 23.5 Å². The van der Waals surface area contributed by atoms with Gasteiger partial charge in [-0.1, -0.05) is 0 Å². The van der Waals surface area contributed by atoms with Crippen LogP contribution in [0.2, 0.25) is 0 Å². The molecule has 1 aliphatic rings. The Morgan fingerprint density at radius 3 is 2.76 bits per heavy atom. The lowest BCUT2D eigenvalue weighted by molar-refractivity contribution is -0.0950. The Bertz CT molecular complexity index is 734. The van der Waals surface area contributed by atoms with Gasteiger partial charge in [0, 0.05) is 13.1 Å². The highest BCUT2D eigenvalue weighted by Gasteiger charge is 2.53. The van der Waals surface area contributed by atoms with Gasteiger partial charge in [0.1, 0.15) is 24.1 Å². The van der Waals surface area contributed by atoms with Gasteiger partial charge >= 0.3 is 0 Å². The molecular weight excluding hydrogens is 328 g/mol. The predicted octanol–water partition coefficient (Wildman–Crippen LogP) is -1.20. The van der Waals surface area contributed by atoms with Crippen molar-refractivity contribution < 1.29 is 20.1 Å². The highest BCUT2D eigenvalue weighted by molar-refractivity contribution is 5.82. The van der Waals surface area contributed by atoms with Crippen LogP contribution in [-0.2, 0) is 4.74 Å². The van der Waals surface area contributed by atoms with E-state index in [-0.39, 0.29) is 0 Å². The summed E-state index contributed by atoms with van der Waals surface area (Å²) in [7, 11) is 3.96. The second kappa shape index (κ2) is 6.81. The van der Waals surface area contributed by atoms with E-state index in [2.05, 4.69) is 20.3 Å². The van der Waals surface area contributed by atoms with Crippen molar-refractivity contribution >= 4 is 17.0 Å². The van der Waals surface area contributed by atoms with Crippen LogP contribution in [-0.4, -0.2) is 91.3 Å². The molecule has 4 atom stereocenters. The van der Waals surface area contributed by atoms with Crippen LogP contribution < -0.4 is 5.32 Å². The van der Waals surface area contributed by atoms with Crippen molar-refractivity contribution in [1.82, 2.24) is 24.4 Å². The Hall–Kier alpha value is -1.85. The maximum atomic E-state index is 10.6. The van der Waals surface area contributed by atoms with E-state index in [1.54, 1.807) is 4.57 Å². The van der Waals surface area contributed by atoms with Crippen molar-refractivity contribution in [1.29, 1.82) is 0 Å². The predicted molar refractivity (Wildman–Crippen MR) is 90.0 cm³/mol. The first-order valence-electron chi connectivity index (χ1n) is 8.09. The topological polar surface area (TPSA) is 129 Å². The average molecular weight is 352 g/mol. The van der Waals surface area contributed by atoms with Crippen LogP contribution in [0, 0.1) is 0 Å². The number of aliphatic hydroxyl groups is 3. The number of hydrogen-bond acceptors (Lipinski definition) is 9. The molecule has 0 radical (unpaired) electrons. The summed E-state index contributed by atoms with van der Waals surface area (Å²) in [6.07, 6.45) is -0.130. The lowest BCUT2D eigenvalue weighted by Crippen LogP contribution is -2.44. The van der Waals surface area contributed by atoms with Gasteiger partial charge in [0.15, 0.2) is 23.2 Å². The molecule has 1 saturated heterocycles. The van der Waals surface area contributed by atoms with Crippen LogP contribution in [0.1, 0.15) is 13.2 Å². The van der Waals surface area contributed by atoms with Gasteiger partial charge in [-0.15, -0.1) is 0 Å². The Balaban J connectivity index is 1.91. The van der Waals surface area contributed by atoms with Gasteiger partial charge in [-0.05, 0) is 21.0 Å². The number of likely N-dealkylation sites (N-methyl/N-ethyl adjacent to an activating group) is 1. The summed E-state index contributed by atoms with van der Waals surface area (Å²) in [6, 6.07) is 0. The minimum absolute atomic E-state index is 0.396. The summed E-state index contributed by atoms with van der Waals surface area (Å²) in [4.78, 5) is 14.8. The number of nitrogens with zero attached hydrogens (tertiary/aromatic N) is 5. The molecule has 4 N–H and O–H groups in total. The Morgan fingerprint density at radius 1 is 1.36 bits per heavy atom. The van der Waals surface area contributed by atoms with E-state index in [9.17, 15) is 15.3 Å². The minimum atomic E-state index is -1.59. The molecule has 1 aliphatic heterocycles. The van der Waals surface area contributed by atoms with Crippen molar-refractivity contribution in [2.24, 2.45) is 0 Å². The van der Waals surface area contributed by atoms with Gasteiger partial charge < -0.3 is 30.3 Å². The lowest BCUT2D eigenvalue weighted by atomic mass is 9.96. The van der Waals surface area contributed by atoms with Crippen molar-refractivity contribution in [3.05, 3.63) is 12.7 Å². The highest BCUT2D eigenvalue weighted by atomic mass is 16.6. The summed E-state index contributed by atoms with van der Waals surface area (Å²) >= 11 is 0. The number of anilines is 1. The molecular formula is C15H24N6O4. The molecule has 3 rings (SSSR count). The second-order valence-corrected chi connectivity index (χ2v) is 6.66. The van der Waals surface area contributed by atoms with Crippen LogP contribution in [0.5, 0.6) is 0 Å². The maximum absolute atomic E-state index is 10.6. The summed E-state index contributed by atoms with van der Waals surface area (Å²) in [5.74, 6) is 0.586. The third-order valence-corrected chi connectivity index (χ3v) is 4.40. The van der Waals surface area contributed by atoms with Gasteiger partial charge in [0.2, 0.25) is 0 Å². The third-order valence-electron chi connectivity index (χ3n) is 4.40. The molecule has 0 bridgehead atoms. The molecule has 10 nitrogen and oxygen atoms in total. The fraction of sp³-hybridized carbons (Fsp3) is 0.667. The second-order valence-electron chi connectivity index (χ2n) is 6.66. The molecule has 3 heterocycles. The van der Waals surface area contributed by atoms with Gasteiger partial charge in [-0.25, -0.2) is 15.0 Å². The minimum Gasteiger partial charge on any atom is -0.394 e. The molecule has 2 aromatic rings. The van der Waals surface area contributed by atoms with Crippen LogP contribution >= 0.6 is 0 Å². The van der Waals surface area contributed by atoms with Crippen molar-refractivity contribution in [2.45, 2.75) is 31.0 Å². The van der Waals surface area contributed by atoms with E-state index in [4.69, 9.17) is 4.74 Å². The van der Waals surface area contributed by atoms with Crippen LogP contribution in [0.25, 0.3) is 11.2 Å². The summed E-state index contributed by atoms with van der Waals surface area (Å²) in [6.45, 7) is 2.58. The van der Waals surface area contributed by atoms with Gasteiger partial charge in [-0.3, -0.25) is 4.57 Å². The van der Waals surface area contributed by atoms with E-state index in [1.807, 2.05) is 19.0 Å². The Morgan fingerprint density at radius 2 is 2.12 bits per heavy atom.